The maximum atomic E-state index is 12.7. The quantitative estimate of drug-likeness (QED) is 0.540. The van der Waals surface area contributed by atoms with Gasteiger partial charge in [0, 0.05) is 10.4 Å². The third-order valence-electron chi connectivity index (χ3n) is 5.40. The van der Waals surface area contributed by atoms with Crippen molar-refractivity contribution in [3.05, 3.63) is 52.7 Å². The molecule has 0 saturated heterocycles. The fourth-order valence-electron chi connectivity index (χ4n) is 4.14. The van der Waals surface area contributed by atoms with Crippen molar-refractivity contribution in [2.75, 3.05) is 0 Å². The highest BCUT2D eigenvalue weighted by atomic mass is 79.9. The summed E-state index contributed by atoms with van der Waals surface area (Å²) in [6, 6.07) is 7.69. The zero-order chi connectivity index (χ0) is 16.1. The normalized spacial score (nSPS) is 30.0. The lowest BCUT2D eigenvalue weighted by Crippen LogP contribution is -2.66. The van der Waals surface area contributed by atoms with Crippen LogP contribution in [0.25, 0.3) is 0 Å². The molecule has 22 heavy (non-hydrogen) atoms. The average Bonchev–Trinajstić information content (AvgIpc) is 2.45. The zero-order valence-electron chi connectivity index (χ0n) is 13.3. The van der Waals surface area contributed by atoms with Crippen molar-refractivity contribution >= 4 is 21.7 Å². The van der Waals surface area contributed by atoms with Gasteiger partial charge < -0.3 is 4.74 Å². The van der Waals surface area contributed by atoms with Crippen LogP contribution < -0.4 is 4.74 Å². The van der Waals surface area contributed by atoms with Crippen LogP contribution in [0.5, 0.6) is 5.75 Å². The van der Waals surface area contributed by atoms with Crippen LogP contribution in [0.15, 0.2) is 52.7 Å². The molecule has 0 radical (unpaired) electrons. The number of allylic oxidation sites excluding steroid dienone is 3. The molecule has 3 fully saturated rings. The van der Waals surface area contributed by atoms with E-state index in [1.54, 1.807) is 0 Å². The number of carbonyl (C=O) groups is 1. The van der Waals surface area contributed by atoms with Crippen molar-refractivity contribution in [3.8, 4) is 5.75 Å². The first-order valence-corrected chi connectivity index (χ1v) is 8.44. The topological polar surface area (TPSA) is 26.3 Å². The molecule has 2 unspecified atom stereocenters. The Hall–Kier alpha value is -1.35. The average molecular weight is 361 g/mol. The first-order chi connectivity index (χ1) is 10.3. The number of halogens is 1. The van der Waals surface area contributed by atoms with E-state index in [-0.39, 0.29) is 11.3 Å². The molecule has 3 heteroatoms. The predicted octanol–water partition coefficient (Wildman–Crippen LogP) is 5.29. The Morgan fingerprint density at radius 1 is 1.36 bits per heavy atom. The standard InChI is InChI=1S/C19H21BrO2/c1-12-5-10-16-17(21)19(12,18(16,3)4)11-13(2)22-15-8-6-14(20)7-9-15/h6-9,11,16H,1,5,10H2,2-4H3/b13-11+. The van der Waals surface area contributed by atoms with Crippen LogP contribution >= 0.6 is 15.9 Å². The summed E-state index contributed by atoms with van der Waals surface area (Å²) in [6.07, 6.45) is 3.87. The Morgan fingerprint density at radius 3 is 2.55 bits per heavy atom. The van der Waals surface area contributed by atoms with E-state index >= 15 is 0 Å². The van der Waals surface area contributed by atoms with E-state index < -0.39 is 5.41 Å². The molecule has 4 rings (SSSR count). The maximum absolute atomic E-state index is 12.7. The van der Waals surface area contributed by atoms with Gasteiger partial charge in [0.1, 0.15) is 5.75 Å². The van der Waals surface area contributed by atoms with Crippen molar-refractivity contribution in [1.29, 1.82) is 0 Å². The van der Waals surface area contributed by atoms with Crippen molar-refractivity contribution in [1.82, 2.24) is 0 Å². The number of benzene rings is 1. The molecule has 116 valence electrons. The van der Waals surface area contributed by atoms with Crippen molar-refractivity contribution in [3.63, 3.8) is 0 Å². The summed E-state index contributed by atoms with van der Waals surface area (Å²) in [5.41, 5.74) is 0.419. The Balaban J connectivity index is 1.90. The Kier molecular flexibility index (Phi) is 3.59. The monoisotopic (exact) mass is 360 g/mol. The molecule has 2 atom stereocenters. The third kappa shape index (κ3) is 2.02. The van der Waals surface area contributed by atoms with Gasteiger partial charge in [-0.1, -0.05) is 41.9 Å². The summed E-state index contributed by atoms with van der Waals surface area (Å²) in [5, 5.41) is 0. The minimum atomic E-state index is -0.546. The molecule has 0 aliphatic heterocycles. The van der Waals surface area contributed by atoms with Gasteiger partial charge >= 0.3 is 0 Å². The molecule has 0 amide bonds. The SMILES string of the molecule is C=C1CCC2C(=O)C1(/C=C(\C)Oc1ccc(Br)cc1)C2(C)C. The van der Waals surface area contributed by atoms with Crippen LogP contribution in [-0.4, -0.2) is 5.78 Å². The molecule has 0 aromatic heterocycles. The van der Waals surface area contributed by atoms with Crippen LogP contribution in [0, 0.1) is 16.7 Å². The fraction of sp³-hybridized carbons (Fsp3) is 0.421. The lowest BCUT2D eigenvalue weighted by molar-refractivity contribution is -0.164. The second-order valence-corrected chi connectivity index (χ2v) is 7.82. The number of Topliss-reactive ketones (excluding diaryl/α,β-unsaturated/α-hetero) is 1. The lowest BCUT2D eigenvalue weighted by atomic mass is 9.37. The number of ketones is 1. The molecular weight excluding hydrogens is 340 g/mol. The molecule has 0 heterocycles. The van der Waals surface area contributed by atoms with Gasteiger partial charge in [0.05, 0.1) is 11.2 Å². The summed E-state index contributed by atoms with van der Waals surface area (Å²) in [6.45, 7) is 10.5. The fourth-order valence-corrected chi connectivity index (χ4v) is 4.40. The summed E-state index contributed by atoms with van der Waals surface area (Å²) < 4.78 is 6.91. The van der Waals surface area contributed by atoms with Crippen LogP contribution in [0.2, 0.25) is 0 Å². The molecule has 3 aliphatic rings. The van der Waals surface area contributed by atoms with Gasteiger partial charge in [-0.25, -0.2) is 0 Å². The largest absolute Gasteiger partial charge is 0.462 e. The molecule has 1 aromatic rings. The van der Waals surface area contributed by atoms with E-state index in [0.717, 1.165) is 34.4 Å². The molecule has 3 saturated carbocycles. The number of rotatable bonds is 3. The smallest absolute Gasteiger partial charge is 0.151 e. The van der Waals surface area contributed by atoms with Crippen molar-refractivity contribution in [2.45, 2.75) is 33.6 Å². The summed E-state index contributed by atoms with van der Waals surface area (Å²) >= 11 is 3.41. The number of carbonyl (C=O) groups excluding carboxylic acids is 1. The van der Waals surface area contributed by atoms with Gasteiger partial charge in [-0.3, -0.25) is 4.79 Å². The third-order valence-corrected chi connectivity index (χ3v) is 5.93. The van der Waals surface area contributed by atoms with E-state index in [4.69, 9.17) is 4.74 Å². The van der Waals surface area contributed by atoms with Gasteiger partial charge in [0.2, 0.25) is 0 Å². The first-order valence-electron chi connectivity index (χ1n) is 7.64. The van der Waals surface area contributed by atoms with Gasteiger partial charge in [-0.05, 0) is 55.5 Å². The van der Waals surface area contributed by atoms with E-state index in [2.05, 4.69) is 36.4 Å². The minimum Gasteiger partial charge on any atom is -0.462 e. The molecule has 2 nitrogen and oxygen atoms in total. The molecule has 0 spiro atoms. The predicted molar refractivity (Wildman–Crippen MR) is 91.6 cm³/mol. The highest BCUT2D eigenvalue weighted by Crippen LogP contribution is 2.67. The molecular formula is C19H21BrO2. The van der Waals surface area contributed by atoms with Gasteiger partial charge in [-0.2, -0.15) is 0 Å². The maximum Gasteiger partial charge on any atom is 0.151 e. The van der Waals surface area contributed by atoms with Crippen LogP contribution in [0.3, 0.4) is 0 Å². The van der Waals surface area contributed by atoms with Gasteiger partial charge in [-0.15, -0.1) is 0 Å². The number of fused-ring (bicyclic) bond motifs is 2. The van der Waals surface area contributed by atoms with E-state index in [9.17, 15) is 4.79 Å². The number of hydrogen-bond acceptors (Lipinski definition) is 2. The van der Waals surface area contributed by atoms with Crippen LogP contribution in [0.4, 0.5) is 0 Å². The Morgan fingerprint density at radius 2 is 2.00 bits per heavy atom. The Labute approximate surface area is 140 Å². The second kappa shape index (κ2) is 5.09. The highest BCUT2D eigenvalue weighted by Gasteiger charge is 2.69. The molecule has 3 aliphatic carbocycles. The summed E-state index contributed by atoms with van der Waals surface area (Å²) in [7, 11) is 0. The number of ether oxygens (including phenoxy) is 1. The lowest BCUT2D eigenvalue weighted by Gasteiger charge is -2.63. The van der Waals surface area contributed by atoms with E-state index in [1.807, 2.05) is 37.3 Å². The summed E-state index contributed by atoms with van der Waals surface area (Å²) in [5.74, 6) is 2.00. The highest BCUT2D eigenvalue weighted by molar-refractivity contribution is 9.10. The second-order valence-electron chi connectivity index (χ2n) is 6.90. The molecule has 1 aromatic carbocycles. The number of hydrogen-bond donors (Lipinski definition) is 0. The van der Waals surface area contributed by atoms with Gasteiger partial charge in [0.25, 0.3) is 0 Å². The first kappa shape index (κ1) is 15.5. The van der Waals surface area contributed by atoms with Crippen molar-refractivity contribution in [2.24, 2.45) is 16.7 Å². The van der Waals surface area contributed by atoms with E-state index in [0.29, 0.717) is 5.78 Å². The Bertz CT molecular complexity index is 659. The minimum absolute atomic E-state index is 0.0657. The summed E-state index contributed by atoms with van der Waals surface area (Å²) in [4.78, 5) is 12.7. The van der Waals surface area contributed by atoms with Crippen LogP contribution in [0.1, 0.15) is 33.6 Å². The van der Waals surface area contributed by atoms with Gasteiger partial charge in [0.15, 0.2) is 5.78 Å². The zero-order valence-corrected chi connectivity index (χ0v) is 14.9. The van der Waals surface area contributed by atoms with E-state index in [1.165, 1.54) is 0 Å². The van der Waals surface area contributed by atoms with Crippen molar-refractivity contribution < 1.29 is 9.53 Å². The molecule has 0 N–H and O–H groups in total. The molecule has 2 bridgehead atoms. The van der Waals surface area contributed by atoms with Crippen LogP contribution in [-0.2, 0) is 4.79 Å².